The molecule has 0 aliphatic carbocycles. The fourth-order valence-corrected chi connectivity index (χ4v) is 2.10. The van der Waals surface area contributed by atoms with Crippen molar-refractivity contribution in [2.75, 3.05) is 13.7 Å². The van der Waals surface area contributed by atoms with Gasteiger partial charge < -0.3 is 14.1 Å². The van der Waals surface area contributed by atoms with E-state index in [1.165, 1.54) is 0 Å². The summed E-state index contributed by atoms with van der Waals surface area (Å²) >= 11 is 0. The first-order valence-electron chi connectivity index (χ1n) is 7.28. The Hall–Kier alpha value is -2.49. The van der Waals surface area contributed by atoms with Crippen LogP contribution in [-0.2, 0) is 11.3 Å². The van der Waals surface area contributed by atoms with Crippen molar-refractivity contribution < 1.29 is 13.9 Å². The Labute approximate surface area is 131 Å². The summed E-state index contributed by atoms with van der Waals surface area (Å²) in [5.41, 5.74) is 1.07. The Balaban J connectivity index is 2.00. The number of aryl methyl sites for hydroxylation is 1. The maximum Gasteiger partial charge on any atom is 0.246 e. The van der Waals surface area contributed by atoms with Crippen molar-refractivity contribution in [3.63, 3.8) is 0 Å². The molecular weight excluding hydrogens is 278 g/mol. The van der Waals surface area contributed by atoms with E-state index in [1.807, 2.05) is 50.2 Å². The van der Waals surface area contributed by atoms with E-state index in [2.05, 4.69) is 0 Å². The summed E-state index contributed by atoms with van der Waals surface area (Å²) in [6.07, 6.45) is 3.25. The summed E-state index contributed by atoms with van der Waals surface area (Å²) in [7, 11) is 1.64. The summed E-state index contributed by atoms with van der Waals surface area (Å²) in [6, 6.07) is 11.4. The van der Waals surface area contributed by atoms with Gasteiger partial charge >= 0.3 is 0 Å². The van der Waals surface area contributed by atoms with Crippen LogP contribution in [0.5, 0.6) is 5.75 Å². The van der Waals surface area contributed by atoms with E-state index < -0.39 is 0 Å². The van der Waals surface area contributed by atoms with Gasteiger partial charge in [0.15, 0.2) is 0 Å². The highest BCUT2D eigenvalue weighted by molar-refractivity contribution is 5.91. The quantitative estimate of drug-likeness (QED) is 0.765. The molecule has 0 saturated carbocycles. The molecule has 0 N–H and O–H groups in total. The zero-order valence-corrected chi connectivity index (χ0v) is 13.2. The van der Waals surface area contributed by atoms with Crippen LogP contribution in [-0.4, -0.2) is 24.5 Å². The predicted octanol–water partition coefficient (Wildman–Crippen LogP) is 3.66. The molecule has 4 nitrogen and oxygen atoms in total. The Morgan fingerprint density at radius 2 is 1.95 bits per heavy atom. The first kappa shape index (κ1) is 15.9. The van der Waals surface area contributed by atoms with E-state index in [4.69, 9.17) is 9.15 Å². The predicted molar refractivity (Wildman–Crippen MR) is 86.6 cm³/mol. The highest BCUT2D eigenvalue weighted by atomic mass is 16.5. The van der Waals surface area contributed by atoms with Crippen LogP contribution in [0.1, 0.15) is 24.0 Å². The Morgan fingerprint density at radius 1 is 1.23 bits per heavy atom. The fraction of sp³-hybridized carbons (Fsp3) is 0.278. The van der Waals surface area contributed by atoms with Gasteiger partial charge in [0.05, 0.1) is 7.11 Å². The van der Waals surface area contributed by atoms with Gasteiger partial charge in [0, 0.05) is 19.2 Å². The van der Waals surface area contributed by atoms with Gasteiger partial charge in [-0.25, -0.2) is 0 Å². The molecule has 1 heterocycles. The third-order valence-corrected chi connectivity index (χ3v) is 3.38. The van der Waals surface area contributed by atoms with Gasteiger partial charge in [-0.3, -0.25) is 4.79 Å². The lowest BCUT2D eigenvalue weighted by atomic mass is 10.2. The number of likely N-dealkylation sites (N-methyl/N-ethyl adjacent to an activating group) is 1. The van der Waals surface area contributed by atoms with Crippen LogP contribution in [0.15, 0.2) is 46.9 Å². The summed E-state index contributed by atoms with van der Waals surface area (Å²) in [5.74, 6) is 2.29. The maximum absolute atomic E-state index is 12.3. The van der Waals surface area contributed by atoms with Gasteiger partial charge in [-0.1, -0.05) is 12.1 Å². The molecule has 1 aromatic heterocycles. The van der Waals surface area contributed by atoms with Crippen molar-refractivity contribution >= 4 is 12.0 Å². The lowest BCUT2D eigenvalue weighted by Crippen LogP contribution is -2.28. The van der Waals surface area contributed by atoms with Gasteiger partial charge in [-0.2, -0.15) is 0 Å². The Bertz CT molecular complexity index is 641. The molecule has 4 heteroatoms. The zero-order valence-electron chi connectivity index (χ0n) is 13.2. The maximum atomic E-state index is 12.3. The third kappa shape index (κ3) is 4.25. The van der Waals surface area contributed by atoms with Gasteiger partial charge in [-0.15, -0.1) is 0 Å². The van der Waals surface area contributed by atoms with E-state index in [0.717, 1.165) is 17.1 Å². The molecule has 0 unspecified atom stereocenters. The Morgan fingerprint density at radius 3 is 2.50 bits per heavy atom. The molecule has 0 saturated heterocycles. The molecule has 1 amide bonds. The second kappa shape index (κ2) is 7.50. The van der Waals surface area contributed by atoms with Crippen molar-refractivity contribution in [3.8, 4) is 5.75 Å². The monoisotopic (exact) mass is 299 g/mol. The minimum Gasteiger partial charge on any atom is -0.497 e. The first-order valence-corrected chi connectivity index (χ1v) is 7.28. The number of amides is 1. The molecule has 0 fully saturated rings. The molecule has 2 aromatic rings. The second-order valence-corrected chi connectivity index (χ2v) is 4.98. The van der Waals surface area contributed by atoms with Crippen molar-refractivity contribution in [2.24, 2.45) is 0 Å². The molecule has 0 aliphatic rings. The number of hydrogen-bond donors (Lipinski definition) is 0. The largest absolute Gasteiger partial charge is 0.497 e. The van der Waals surface area contributed by atoms with E-state index in [9.17, 15) is 4.79 Å². The van der Waals surface area contributed by atoms with Gasteiger partial charge in [-0.05, 0) is 49.8 Å². The smallest absolute Gasteiger partial charge is 0.246 e. The standard InChI is InChI=1S/C18H21NO3/c1-4-19(13-15-6-9-16(21-3)10-7-15)18(20)12-11-17-8-5-14(2)22-17/h5-12H,4,13H2,1-3H3/b12-11+. The topological polar surface area (TPSA) is 42.7 Å². The molecule has 0 atom stereocenters. The minimum absolute atomic E-state index is 0.0348. The summed E-state index contributed by atoms with van der Waals surface area (Å²) in [4.78, 5) is 14.0. The average Bonchev–Trinajstić information content (AvgIpc) is 2.96. The second-order valence-electron chi connectivity index (χ2n) is 4.98. The van der Waals surface area contributed by atoms with Crippen molar-refractivity contribution in [1.29, 1.82) is 0 Å². The summed E-state index contributed by atoms with van der Waals surface area (Å²) in [6.45, 7) is 5.06. The highest BCUT2D eigenvalue weighted by Crippen LogP contribution is 2.14. The fourth-order valence-electron chi connectivity index (χ4n) is 2.10. The lowest BCUT2D eigenvalue weighted by molar-refractivity contribution is -0.126. The number of furan rings is 1. The first-order chi connectivity index (χ1) is 10.6. The molecule has 116 valence electrons. The zero-order chi connectivity index (χ0) is 15.9. The Kier molecular flexibility index (Phi) is 5.42. The van der Waals surface area contributed by atoms with Gasteiger partial charge in [0.2, 0.25) is 5.91 Å². The molecule has 22 heavy (non-hydrogen) atoms. The number of hydrogen-bond acceptors (Lipinski definition) is 3. The SMILES string of the molecule is CCN(Cc1ccc(OC)cc1)C(=O)/C=C/c1ccc(C)o1. The van der Waals surface area contributed by atoms with Crippen LogP contribution in [0.3, 0.4) is 0 Å². The van der Waals surface area contributed by atoms with E-state index in [-0.39, 0.29) is 5.91 Å². The van der Waals surface area contributed by atoms with Gasteiger partial charge in [0.25, 0.3) is 0 Å². The van der Waals surface area contributed by atoms with Crippen molar-refractivity contribution in [2.45, 2.75) is 20.4 Å². The summed E-state index contributed by atoms with van der Waals surface area (Å²) < 4.78 is 10.6. The third-order valence-electron chi connectivity index (χ3n) is 3.38. The molecule has 0 radical (unpaired) electrons. The van der Waals surface area contributed by atoms with Crippen molar-refractivity contribution in [1.82, 2.24) is 4.90 Å². The average molecular weight is 299 g/mol. The molecular formula is C18H21NO3. The number of rotatable bonds is 6. The van der Waals surface area contributed by atoms with Crippen LogP contribution in [0.25, 0.3) is 6.08 Å². The van der Waals surface area contributed by atoms with Crippen LogP contribution >= 0.6 is 0 Å². The molecule has 2 rings (SSSR count). The lowest BCUT2D eigenvalue weighted by Gasteiger charge is -2.19. The van der Waals surface area contributed by atoms with E-state index in [0.29, 0.717) is 18.8 Å². The van der Waals surface area contributed by atoms with E-state index in [1.54, 1.807) is 24.2 Å². The summed E-state index contributed by atoms with van der Waals surface area (Å²) in [5, 5.41) is 0. The van der Waals surface area contributed by atoms with Crippen LogP contribution in [0.2, 0.25) is 0 Å². The van der Waals surface area contributed by atoms with Crippen LogP contribution < -0.4 is 4.74 Å². The molecule has 0 bridgehead atoms. The number of methoxy groups -OCH3 is 1. The van der Waals surface area contributed by atoms with E-state index >= 15 is 0 Å². The number of carbonyl (C=O) groups is 1. The normalized spacial score (nSPS) is 10.9. The number of carbonyl (C=O) groups excluding carboxylic acids is 1. The molecule has 0 aliphatic heterocycles. The van der Waals surface area contributed by atoms with Crippen LogP contribution in [0, 0.1) is 6.92 Å². The molecule has 0 spiro atoms. The number of nitrogens with zero attached hydrogens (tertiary/aromatic N) is 1. The highest BCUT2D eigenvalue weighted by Gasteiger charge is 2.09. The minimum atomic E-state index is -0.0348. The van der Waals surface area contributed by atoms with Gasteiger partial charge in [0.1, 0.15) is 17.3 Å². The van der Waals surface area contributed by atoms with Crippen LogP contribution in [0.4, 0.5) is 0 Å². The number of ether oxygens (including phenoxy) is 1. The molecule has 1 aromatic carbocycles. The van der Waals surface area contributed by atoms with Crippen molar-refractivity contribution in [3.05, 3.63) is 59.6 Å². The number of benzene rings is 1.